The molecular formula is C15H19N3O. The van der Waals surface area contributed by atoms with Gasteiger partial charge in [-0.3, -0.25) is 9.78 Å². The second-order valence-corrected chi connectivity index (χ2v) is 4.94. The molecule has 0 unspecified atom stereocenters. The van der Waals surface area contributed by atoms with E-state index in [0.29, 0.717) is 6.54 Å². The van der Waals surface area contributed by atoms with Crippen LogP contribution in [0.4, 0.5) is 5.69 Å². The van der Waals surface area contributed by atoms with Crippen molar-refractivity contribution < 1.29 is 4.79 Å². The highest BCUT2D eigenvalue weighted by molar-refractivity contribution is 5.93. The highest BCUT2D eigenvalue weighted by atomic mass is 16.2. The molecule has 100 valence electrons. The Labute approximate surface area is 113 Å². The van der Waals surface area contributed by atoms with Gasteiger partial charge in [-0.05, 0) is 19.1 Å². The van der Waals surface area contributed by atoms with Crippen LogP contribution in [0.3, 0.4) is 0 Å². The van der Waals surface area contributed by atoms with Gasteiger partial charge in [-0.2, -0.15) is 0 Å². The van der Waals surface area contributed by atoms with Gasteiger partial charge in [-0.25, -0.2) is 0 Å². The number of aromatic nitrogens is 1. The van der Waals surface area contributed by atoms with Crippen molar-refractivity contribution in [1.29, 1.82) is 0 Å². The molecule has 4 heteroatoms. The summed E-state index contributed by atoms with van der Waals surface area (Å²) in [7, 11) is 5.47. The Bertz CT molecular complexity index is 607. The molecule has 1 heterocycles. The first kappa shape index (κ1) is 13.3. The number of carbonyl (C=O) groups is 1. The molecule has 19 heavy (non-hydrogen) atoms. The number of amides is 1. The average molecular weight is 257 g/mol. The zero-order chi connectivity index (χ0) is 14.0. The molecule has 1 amide bonds. The van der Waals surface area contributed by atoms with Crippen LogP contribution in [0.25, 0.3) is 10.9 Å². The quantitative estimate of drug-likeness (QED) is 0.844. The van der Waals surface area contributed by atoms with Gasteiger partial charge in [0.05, 0.1) is 12.1 Å². The number of likely N-dealkylation sites (N-methyl/N-ethyl adjacent to an activating group) is 2. The Balaban J connectivity index is 2.41. The van der Waals surface area contributed by atoms with E-state index in [1.54, 1.807) is 19.0 Å². The van der Waals surface area contributed by atoms with Crippen molar-refractivity contribution in [2.24, 2.45) is 0 Å². The standard InChI is InChI=1S/C15H19N3O/c1-11-9-14(18(4)10-15(19)17(2)3)12-7-5-6-8-13(12)16-11/h5-9H,10H2,1-4H3. The molecule has 0 bridgehead atoms. The molecule has 0 spiro atoms. The second-order valence-electron chi connectivity index (χ2n) is 4.94. The maximum absolute atomic E-state index is 11.8. The normalized spacial score (nSPS) is 10.5. The van der Waals surface area contributed by atoms with Crippen molar-refractivity contribution in [3.8, 4) is 0 Å². The van der Waals surface area contributed by atoms with Crippen LogP contribution in [0.5, 0.6) is 0 Å². The van der Waals surface area contributed by atoms with Crippen LogP contribution in [0.15, 0.2) is 30.3 Å². The SMILES string of the molecule is Cc1cc(N(C)CC(=O)N(C)C)c2ccccc2n1. The fourth-order valence-corrected chi connectivity index (χ4v) is 2.03. The third kappa shape index (κ3) is 2.84. The molecule has 0 saturated carbocycles. The van der Waals surface area contributed by atoms with Crippen LogP contribution >= 0.6 is 0 Å². The lowest BCUT2D eigenvalue weighted by molar-refractivity contribution is -0.127. The van der Waals surface area contributed by atoms with E-state index >= 15 is 0 Å². The highest BCUT2D eigenvalue weighted by Gasteiger charge is 2.12. The molecular weight excluding hydrogens is 238 g/mol. The number of fused-ring (bicyclic) bond motifs is 1. The Morgan fingerprint density at radius 1 is 1.21 bits per heavy atom. The number of aryl methyl sites for hydroxylation is 1. The van der Waals surface area contributed by atoms with E-state index in [9.17, 15) is 4.79 Å². The fourth-order valence-electron chi connectivity index (χ4n) is 2.03. The van der Waals surface area contributed by atoms with Gasteiger partial charge >= 0.3 is 0 Å². The predicted octanol–water partition coefficient (Wildman–Crippen LogP) is 2.07. The zero-order valence-corrected chi connectivity index (χ0v) is 11.8. The number of para-hydroxylation sites is 1. The Hall–Kier alpha value is -2.10. The van der Waals surface area contributed by atoms with Crippen molar-refractivity contribution in [2.45, 2.75) is 6.92 Å². The first-order valence-corrected chi connectivity index (χ1v) is 6.26. The highest BCUT2D eigenvalue weighted by Crippen LogP contribution is 2.25. The monoisotopic (exact) mass is 257 g/mol. The molecule has 2 rings (SSSR count). The topological polar surface area (TPSA) is 36.4 Å². The van der Waals surface area contributed by atoms with Gasteiger partial charge in [0.25, 0.3) is 0 Å². The molecule has 0 aliphatic heterocycles. The van der Waals surface area contributed by atoms with Crippen LogP contribution in [0, 0.1) is 6.92 Å². The minimum absolute atomic E-state index is 0.0843. The molecule has 0 aliphatic rings. The van der Waals surface area contributed by atoms with Crippen molar-refractivity contribution in [2.75, 3.05) is 32.6 Å². The lowest BCUT2D eigenvalue weighted by atomic mass is 10.1. The number of rotatable bonds is 3. The number of hydrogen-bond donors (Lipinski definition) is 0. The van der Waals surface area contributed by atoms with E-state index in [2.05, 4.69) is 4.98 Å². The van der Waals surface area contributed by atoms with E-state index in [-0.39, 0.29) is 5.91 Å². The van der Waals surface area contributed by atoms with Crippen molar-refractivity contribution in [3.63, 3.8) is 0 Å². The van der Waals surface area contributed by atoms with E-state index in [1.807, 2.05) is 49.2 Å². The molecule has 0 fully saturated rings. The van der Waals surface area contributed by atoms with Gasteiger partial charge in [0.1, 0.15) is 0 Å². The number of benzene rings is 1. The Kier molecular flexibility index (Phi) is 3.69. The number of anilines is 1. The average Bonchev–Trinajstić information content (AvgIpc) is 2.37. The first-order valence-electron chi connectivity index (χ1n) is 6.26. The molecule has 2 aromatic rings. The Morgan fingerprint density at radius 3 is 2.58 bits per heavy atom. The molecule has 4 nitrogen and oxygen atoms in total. The smallest absolute Gasteiger partial charge is 0.241 e. The van der Waals surface area contributed by atoms with Crippen LogP contribution in [0.2, 0.25) is 0 Å². The van der Waals surface area contributed by atoms with Crippen LogP contribution < -0.4 is 4.90 Å². The second kappa shape index (κ2) is 5.26. The lowest BCUT2D eigenvalue weighted by Crippen LogP contribution is -2.34. The Morgan fingerprint density at radius 2 is 1.89 bits per heavy atom. The van der Waals surface area contributed by atoms with E-state index < -0.39 is 0 Å². The number of hydrogen-bond acceptors (Lipinski definition) is 3. The summed E-state index contributed by atoms with van der Waals surface area (Å²) in [5, 5.41) is 1.07. The molecule has 0 saturated heterocycles. The van der Waals surface area contributed by atoms with Crippen LogP contribution in [-0.4, -0.2) is 43.5 Å². The van der Waals surface area contributed by atoms with Gasteiger partial charge in [-0.1, -0.05) is 18.2 Å². The summed E-state index contributed by atoms with van der Waals surface area (Å²) in [5.74, 6) is 0.0843. The molecule has 0 N–H and O–H groups in total. The summed E-state index contributed by atoms with van der Waals surface area (Å²) in [5.41, 5.74) is 2.96. The maximum atomic E-state index is 11.8. The largest absolute Gasteiger partial charge is 0.365 e. The van der Waals surface area contributed by atoms with Crippen molar-refractivity contribution >= 4 is 22.5 Å². The third-order valence-electron chi connectivity index (χ3n) is 3.10. The summed E-state index contributed by atoms with van der Waals surface area (Å²) in [6, 6.07) is 10.0. The fraction of sp³-hybridized carbons (Fsp3) is 0.333. The van der Waals surface area contributed by atoms with Gasteiger partial charge in [-0.15, -0.1) is 0 Å². The van der Waals surface area contributed by atoms with E-state index in [4.69, 9.17) is 0 Å². The van der Waals surface area contributed by atoms with Gasteiger partial charge in [0.2, 0.25) is 5.91 Å². The van der Waals surface area contributed by atoms with Gasteiger partial charge in [0, 0.05) is 37.9 Å². The molecule has 1 aromatic carbocycles. The lowest BCUT2D eigenvalue weighted by Gasteiger charge is -2.22. The summed E-state index contributed by atoms with van der Waals surface area (Å²) in [4.78, 5) is 19.9. The zero-order valence-electron chi connectivity index (χ0n) is 11.8. The molecule has 1 aromatic heterocycles. The number of pyridine rings is 1. The minimum Gasteiger partial charge on any atom is -0.365 e. The van der Waals surface area contributed by atoms with Crippen LogP contribution in [0.1, 0.15) is 5.69 Å². The van der Waals surface area contributed by atoms with Crippen molar-refractivity contribution in [1.82, 2.24) is 9.88 Å². The van der Waals surface area contributed by atoms with Gasteiger partial charge in [0.15, 0.2) is 0 Å². The minimum atomic E-state index is 0.0843. The first-order chi connectivity index (χ1) is 8.99. The molecule has 0 atom stereocenters. The summed E-state index contributed by atoms with van der Waals surface area (Å²) in [6.45, 7) is 2.33. The summed E-state index contributed by atoms with van der Waals surface area (Å²) in [6.07, 6.45) is 0. The third-order valence-corrected chi connectivity index (χ3v) is 3.10. The van der Waals surface area contributed by atoms with E-state index in [0.717, 1.165) is 22.3 Å². The van der Waals surface area contributed by atoms with Gasteiger partial charge < -0.3 is 9.80 Å². The van der Waals surface area contributed by atoms with Crippen molar-refractivity contribution in [3.05, 3.63) is 36.0 Å². The summed E-state index contributed by atoms with van der Waals surface area (Å²) < 4.78 is 0. The number of nitrogens with zero attached hydrogens (tertiary/aromatic N) is 3. The van der Waals surface area contributed by atoms with E-state index in [1.165, 1.54) is 0 Å². The summed E-state index contributed by atoms with van der Waals surface area (Å²) >= 11 is 0. The van der Waals surface area contributed by atoms with Crippen LogP contribution in [-0.2, 0) is 4.79 Å². The molecule has 0 aliphatic carbocycles. The predicted molar refractivity (Wildman–Crippen MR) is 78.4 cm³/mol. The molecule has 0 radical (unpaired) electrons. The number of carbonyl (C=O) groups excluding carboxylic acids is 1. The maximum Gasteiger partial charge on any atom is 0.241 e.